The standard InChI is InChI=1S/C15H21N3O/c1-18-9-11-5-4-7-13(12(11)10-18)17-15(19)14-6-2-3-8-16-14/h4-5,7,14,16H,2-3,6,8-10H2,1H3,(H,17,19). The first-order valence-corrected chi connectivity index (χ1v) is 7.07. The second kappa shape index (κ2) is 5.31. The van der Waals surface area contributed by atoms with Crippen LogP contribution in [0.25, 0.3) is 0 Å². The molecule has 0 aliphatic carbocycles. The fourth-order valence-corrected chi connectivity index (χ4v) is 3.00. The summed E-state index contributed by atoms with van der Waals surface area (Å²) in [6.45, 7) is 2.85. The van der Waals surface area contributed by atoms with Crippen LogP contribution in [0.15, 0.2) is 18.2 Å². The molecule has 1 amide bonds. The number of hydrogen-bond donors (Lipinski definition) is 2. The van der Waals surface area contributed by atoms with Gasteiger partial charge in [-0.05, 0) is 43.6 Å². The number of hydrogen-bond acceptors (Lipinski definition) is 3. The Balaban J connectivity index is 1.73. The lowest BCUT2D eigenvalue weighted by molar-refractivity contribution is -0.118. The Morgan fingerprint density at radius 1 is 1.37 bits per heavy atom. The molecular weight excluding hydrogens is 238 g/mol. The third kappa shape index (κ3) is 2.65. The number of carbonyl (C=O) groups excluding carboxylic acids is 1. The zero-order chi connectivity index (χ0) is 13.2. The van der Waals surface area contributed by atoms with Crippen LogP contribution in [0.3, 0.4) is 0 Å². The average molecular weight is 259 g/mol. The Morgan fingerprint density at radius 3 is 3.05 bits per heavy atom. The van der Waals surface area contributed by atoms with Gasteiger partial charge >= 0.3 is 0 Å². The summed E-state index contributed by atoms with van der Waals surface area (Å²) >= 11 is 0. The molecule has 102 valence electrons. The minimum Gasteiger partial charge on any atom is -0.324 e. The van der Waals surface area contributed by atoms with Gasteiger partial charge in [-0.15, -0.1) is 0 Å². The van der Waals surface area contributed by atoms with Crippen molar-refractivity contribution in [2.24, 2.45) is 0 Å². The molecule has 1 aromatic rings. The summed E-state index contributed by atoms with van der Waals surface area (Å²) in [7, 11) is 2.11. The Morgan fingerprint density at radius 2 is 2.26 bits per heavy atom. The lowest BCUT2D eigenvalue weighted by Crippen LogP contribution is -2.43. The van der Waals surface area contributed by atoms with Crippen molar-refractivity contribution in [3.05, 3.63) is 29.3 Å². The molecule has 19 heavy (non-hydrogen) atoms. The molecule has 0 spiro atoms. The van der Waals surface area contributed by atoms with Gasteiger partial charge in [-0.3, -0.25) is 9.69 Å². The Bertz CT molecular complexity index is 480. The second-order valence-electron chi connectivity index (χ2n) is 5.61. The largest absolute Gasteiger partial charge is 0.324 e. The molecule has 2 heterocycles. The zero-order valence-electron chi connectivity index (χ0n) is 11.4. The SMILES string of the molecule is CN1Cc2cccc(NC(=O)C3CCCCN3)c2C1. The van der Waals surface area contributed by atoms with Crippen LogP contribution in [0, 0.1) is 0 Å². The second-order valence-corrected chi connectivity index (χ2v) is 5.61. The van der Waals surface area contributed by atoms with Gasteiger partial charge < -0.3 is 10.6 Å². The van der Waals surface area contributed by atoms with Crippen LogP contribution in [0.4, 0.5) is 5.69 Å². The number of piperidine rings is 1. The van der Waals surface area contributed by atoms with Crippen molar-refractivity contribution < 1.29 is 4.79 Å². The maximum atomic E-state index is 12.3. The number of carbonyl (C=O) groups is 1. The zero-order valence-corrected chi connectivity index (χ0v) is 11.4. The van der Waals surface area contributed by atoms with Crippen LogP contribution in [0.5, 0.6) is 0 Å². The molecule has 2 aliphatic heterocycles. The maximum absolute atomic E-state index is 12.3. The molecule has 4 nitrogen and oxygen atoms in total. The van der Waals surface area contributed by atoms with Gasteiger partial charge in [-0.25, -0.2) is 0 Å². The number of benzene rings is 1. The molecule has 1 saturated heterocycles. The van der Waals surface area contributed by atoms with Crippen molar-refractivity contribution in [2.75, 3.05) is 18.9 Å². The van der Waals surface area contributed by atoms with Crippen LogP contribution in [-0.2, 0) is 17.9 Å². The van der Waals surface area contributed by atoms with Gasteiger partial charge in [0.1, 0.15) is 0 Å². The summed E-state index contributed by atoms with van der Waals surface area (Å²) in [5, 5.41) is 6.40. The van der Waals surface area contributed by atoms with E-state index >= 15 is 0 Å². The summed E-state index contributed by atoms with van der Waals surface area (Å²) in [6, 6.07) is 6.16. The number of nitrogens with zero attached hydrogens (tertiary/aromatic N) is 1. The molecule has 2 aliphatic rings. The van der Waals surface area contributed by atoms with Crippen molar-refractivity contribution in [1.29, 1.82) is 0 Å². The highest BCUT2D eigenvalue weighted by molar-refractivity contribution is 5.95. The normalized spacial score (nSPS) is 23.1. The van der Waals surface area contributed by atoms with Gasteiger partial charge in [0.2, 0.25) is 5.91 Å². The molecule has 4 heteroatoms. The molecule has 0 aromatic heterocycles. The quantitative estimate of drug-likeness (QED) is 0.850. The van der Waals surface area contributed by atoms with Gasteiger partial charge in [0.25, 0.3) is 0 Å². The molecule has 1 atom stereocenters. The van der Waals surface area contributed by atoms with E-state index in [1.807, 2.05) is 12.1 Å². The van der Waals surface area contributed by atoms with Gasteiger partial charge in [0.15, 0.2) is 0 Å². The summed E-state index contributed by atoms with van der Waals surface area (Å²) in [6.07, 6.45) is 3.26. The third-order valence-electron chi connectivity index (χ3n) is 4.03. The van der Waals surface area contributed by atoms with Gasteiger partial charge in [0, 0.05) is 18.8 Å². The molecule has 1 unspecified atom stereocenters. The van der Waals surface area contributed by atoms with Crippen LogP contribution in [0.1, 0.15) is 30.4 Å². The van der Waals surface area contributed by atoms with Crippen LogP contribution in [0.2, 0.25) is 0 Å². The van der Waals surface area contributed by atoms with Crippen molar-refractivity contribution in [3.63, 3.8) is 0 Å². The monoisotopic (exact) mass is 259 g/mol. The highest BCUT2D eigenvalue weighted by atomic mass is 16.2. The Hall–Kier alpha value is -1.39. The predicted molar refractivity (Wildman–Crippen MR) is 75.9 cm³/mol. The van der Waals surface area contributed by atoms with E-state index in [0.29, 0.717) is 0 Å². The number of anilines is 1. The Labute approximate surface area is 114 Å². The van der Waals surface area contributed by atoms with E-state index in [2.05, 4.69) is 28.6 Å². The summed E-state index contributed by atoms with van der Waals surface area (Å²) in [5.41, 5.74) is 3.59. The van der Waals surface area contributed by atoms with Crippen molar-refractivity contribution in [2.45, 2.75) is 38.4 Å². The van der Waals surface area contributed by atoms with Crippen LogP contribution in [-0.4, -0.2) is 30.4 Å². The first kappa shape index (κ1) is 12.6. The van der Waals surface area contributed by atoms with E-state index in [0.717, 1.165) is 38.2 Å². The lowest BCUT2D eigenvalue weighted by Gasteiger charge is -2.23. The molecule has 3 rings (SSSR count). The van der Waals surface area contributed by atoms with Crippen LogP contribution < -0.4 is 10.6 Å². The van der Waals surface area contributed by atoms with E-state index in [1.165, 1.54) is 17.5 Å². The van der Waals surface area contributed by atoms with E-state index in [1.54, 1.807) is 0 Å². The van der Waals surface area contributed by atoms with E-state index in [4.69, 9.17) is 0 Å². The summed E-state index contributed by atoms with van der Waals surface area (Å²) < 4.78 is 0. The first-order chi connectivity index (χ1) is 9.24. The molecule has 0 radical (unpaired) electrons. The molecule has 0 saturated carbocycles. The molecule has 1 aromatic carbocycles. The number of fused-ring (bicyclic) bond motifs is 1. The van der Waals surface area contributed by atoms with E-state index in [-0.39, 0.29) is 11.9 Å². The highest BCUT2D eigenvalue weighted by Crippen LogP contribution is 2.28. The topological polar surface area (TPSA) is 44.4 Å². The Kier molecular flexibility index (Phi) is 3.53. The van der Waals surface area contributed by atoms with E-state index < -0.39 is 0 Å². The van der Waals surface area contributed by atoms with Crippen molar-refractivity contribution >= 4 is 11.6 Å². The fourth-order valence-electron chi connectivity index (χ4n) is 3.00. The molecule has 2 N–H and O–H groups in total. The first-order valence-electron chi connectivity index (χ1n) is 7.07. The van der Waals surface area contributed by atoms with Crippen LogP contribution >= 0.6 is 0 Å². The highest BCUT2D eigenvalue weighted by Gasteiger charge is 2.23. The molecule has 1 fully saturated rings. The van der Waals surface area contributed by atoms with Gasteiger partial charge in [-0.1, -0.05) is 18.6 Å². The molecular formula is C15H21N3O. The summed E-state index contributed by atoms with van der Waals surface area (Å²) in [4.78, 5) is 14.5. The minimum absolute atomic E-state index is 0.0243. The fraction of sp³-hybridized carbons (Fsp3) is 0.533. The minimum atomic E-state index is -0.0243. The number of rotatable bonds is 2. The number of amides is 1. The smallest absolute Gasteiger partial charge is 0.241 e. The third-order valence-corrected chi connectivity index (χ3v) is 4.03. The van der Waals surface area contributed by atoms with Gasteiger partial charge in [0.05, 0.1) is 6.04 Å². The average Bonchev–Trinajstić information content (AvgIpc) is 2.81. The lowest BCUT2D eigenvalue weighted by atomic mass is 10.0. The van der Waals surface area contributed by atoms with Crippen molar-refractivity contribution in [3.8, 4) is 0 Å². The predicted octanol–water partition coefficient (Wildman–Crippen LogP) is 1.71. The molecule has 0 bridgehead atoms. The van der Waals surface area contributed by atoms with Gasteiger partial charge in [-0.2, -0.15) is 0 Å². The number of nitrogens with one attached hydrogen (secondary N) is 2. The van der Waals surface area contributed by atoms with E-state index in [9.17, 15) is 4.79 Å². The van der Waals surface area contributed by atoms with Crippen molar-refractivity contribution in [1.82, 2.24) is 10.2 Å². The summed E-state index contributed by atoms with van der Waals surface area (Å²) in [5.74, 6) is 0.114. The maximum Gasteiger partial charge on any atom is 0.241 e.